The van der Waals surface area contributed by atoms with Crippen LogP contribution in [-0.2, 0) is 4.74 Å². The van der Waals surface area contributed by atoms with Crippen molar-refractivity contribution in [1.82, 2.24) is 10.2 Å². The van der Waals surface area contributed by atoms with Crippen LogP contribution in [0.4, 0.5) is 0 Å². The summed E-state index contributed by atoms with van der Waals surface area (Å²) in [5.41, 5.74) is -0.168. The third-order valence-corrected chi connectivity index (χ3v) is 3.61. The highest BCUT2D eigenvalue weighted by Gasteiger charge is 2.34. The molecule has 2 aliphatic rings. The van der Waals surface area contributed by atoms with Crippen molar-refractivity contribution < 1.29 is 9.84 Å². The van der Waals surface area contributed by atoms with E-state index in [1.54, 1.807) is 0 Å². The zero-order valence-corrected chi connectivity index (χ0v) is 10.4. The number of hydrogen-bond donors (Lipinski definition) is 2. The Morgan fingerprint density at radius 3 is 2.69 bits per heavy atom. The first-order valence-electron chi connectivity index (χ1n) is 6.29. The highest BCUT2D eigenvalue weighted by atomic mass is 16.5. The maximum Gasteiger partial charge on any atom is 0.0623 e. The van der Waals surface area contributed by atoms with Crippen LogP contribution in [0, 0.1) is 0 Å². The van der Waals surface area contributed by atoms with Crippen LogP contribution >= 0.6 is 0 Å². The number of aliphatic hydroxyl groups is 1. The molecule has 0 spiro atoms. The molecule has 2 N–H and O–H groups in total. The van der Waals surface area contributed by atoms with Gasteiger partial charge in [0.1, 0.15) is 0 Å². The van der Waals surface area contributed by atoms with Crippen LogP contribution in [-0.4, -0.2) is 61.0 Å². The van der Waals surface area contributed by atoms with E-state index in [1.165, 1.54) is 12.8 Å². The van der Waals surface area contributed by atoms with E-state index in [1.807, 2.05) is 0 Å². The van der Waals surface area contributed by atoms with Crippen molar-refractivity contribution in [2.75, 3.05) is 33.4 Å². The Balaban J connectivity index is 1.83. The minimum atomic E-state index is -0.168. The van der Waals surface area contributed by atoms with Crippen LogP contribution in [0.2, 0.25) is 0 Å². The Kier molecular flexibility index (Phi) is 3.85. The number of likely N-dealkylation sites (N-methyl/N-ethyl adjacent to an activating group) is 1. The Morgan fingerprint density at radius 2 is 2.19 bits per heavy atom. The molecule has 1 heterocycles. The number of rotatable bonds is 6. The molecule has 0 bridgehead atoms. The highest BCUT2D eigenvalue weighted by Crippen LogP contribution is 2.23. The first-order chi connectivity index (χ1) is 7.63. The summed E-state index contributed by atoms with van der Waals surface area (Å²) in [6, 6.07) is 1.15. The lowest BCUT2D eigenvalue weighted by atomic mass is 10.0. The number of aliphatic hydroxyl groups excluding tert-OH is 1. The molecule has 0 radical (unpaired) electrons. The molecule has 2 fully saturated rings. The second-order valence-corrected chi connectivity index (χ2v) is 5.57. The molecule has 16 heavy (non-hydrogen) atoms. The molecular formula is C12H24N2O2. The predicted molar refractivity (Wildman–Crippen MR) is 63.5 cm³/mol. The van der Waals surface area contributed by atoms with Crippen LogP contribution in [0.25, 0.3) is 0 Å². The highest BCUT2D eigenvalue weighted by molar-refractivity contribution is 4.94. The van der Waals surface area contributed by atoms with Gasteiger partial charge in [-0.3, -0.25) is 4.90 Å². The van der Waals surface area contributed by atoms with Gasteiger partial charge in [0.2, 0.25) is 0 Å². The van der Waals surface area contributed by atoms with Crippen molar-refractivity contribution in [3.8, 4) is 0 Å². The van der Waals surface area contributed by atoms with Crippen LogP contribution in [0.3, 0.4) is 0 Å². The van der Waals surface area contributed by atoms with Gasteiger partial charge in [0.15, 0.2) is 0 Å². The summed E-state index contributed by atoms with van der Waals surface area (Å²) in [7, 11) is 2.13. The van der Waals surface area contributed by atoms with E-state index in [9.17, 15) is 5.11 Å². The Bertz CT molecular complexity index is 227. The summed E-state index contributed by atoms with van der Waals surface area (Å²) in [6.45, 7) is 4.90. The fourth-order valence-corrected chi connectivity index (χ4v) is 2.41. The summed E-state index contributed by atoms with van der Waals surface area (Å²) in [4.78, 5) is 2.32. The van der Waals surface area contributed by atoms with E-state index in [2.05, 4.69) is 24.2 Å². The molecule has 1 saturated carbocycles. The molecule has 94 valence electrons. The molecule has 0 aromatic carbocycles. The molecule has 4 nitrogen and oxygen atoms in total. The van der Waals surface area contributed by atoms with Crippen LogP contribution in [0.1, 0.15) is 26.2 Å². The van der Waals surface area contributed by atoms with Gasteiger partial charge in [0.25, 0.3) is 0 Å². The summed E-state index contributed by atoms with van der Waals surface area (Å²) in [5.74, 6) is 0. The molecule has 2 rings (SSSR count). The smallest absolute Gasteiger partial charge is 0.0623 e. The molecule has 2 atom stereocenters. The van der Waals surface area contributed by atoms with Gasteiger partial charge in [-0.05, 0) is 33.2 Å². The molecule has 4 heteroatoms. The van der Waals surface area contributed by atoms with Gasteiger partial charge in [0, 0.05) is 25.2 Å². The molecule has 2 unspecified atom stereocenters. The molecule has 0 aromatic heterocycles. The van der Waals surface area contributed by atoms with E-state index in [0.717, 1.165) is 26.2 Å². The maximum absolute atomic E-state index is 9.53. The molecule has 0 amide bonds. The number of ether oxygens (including phenoxy) is 1. The number of nitrogens with one attached hydrogen (secondary N) is 1. The Hall–Kier alpha value is -0.160. The second kappa shape index (κ2) is 5.00. The van der Waals surface area contributed by atoms with E-state index >= 15 is 0 Å². The lowest BCUT2D eigenvalue weighted by molar-refractivity contribution is 0.100. The molecule has 0 aromatic rings. The number of hydrogen-bond acceptors (Lipinski definition) is 4. The zero-order valence-electron chi connectivity index (χ0n) is 10.4. The lowest BCUT2D eigenvalue weighted by Gasteiger charge is -2.35. The van der Waals surface area contributed by atoms with E-state index in [0.29, 0.717) is 12.1 Å². The monoisotopic (exact) mass is 228 g/mol. The summed E-state index contributed by atoms with van der Waals surface area (Å²) >= 11 is 0. The van der Waals surface area contributed by atoms with E-state index < -0.39 is 0 Å². The van der Waals surface area contributed by atoms with Gasteiger partial charge in [-0.2, -0.15) is 0 Å². The average Bonchev–Trinajstić information content (AvgIpc) is 2.88. The first-order valence-corrected chi connectivity index (χ1v) is 6.29. The van der Waals surface area contributed by atoms with Crippen molar-refractivity contribution in [2.45, 2.75) is 43.8 Å². The normalized spacial score (nSPS) is 29.6. The summed E-state index contributed by atoms with van der Waals surface area (Å²) < 4.78 is 5.40. The third kappa shape index (κ3) is 3.17. The predicted octanol–water partition coefficient (Wildman–Crippen LogP) is 0.210. The van der Waals surface area contributed by atoms with Gasteiger partial charge < -0.3 is 15.2 Å². The van der Waals surface area contributed by atoms with Gasteiger partial charge in [0.05, 0.1) is 18.8 Å². The summed E-state index contributed by atoms with van der Waals surface area (Å²) in [5, 5.41) is 13.1. The Morgan fingerprint density at radius 1 is 1.44 bits per heavy atom. The zero-order chi connectivity index (χ0) is 11.6. The van der Waals surface area contributed by atoms with Crippen molar-refractivity contribution in [3.63, 3.8) is 0 Å². The fourth-order valence-electron chi connectivity index (χ4n) is 2.41. The molecular weight excluding hydrogens is 204 g/mol. The van der Waals surface area contributed by atoms with Crippen molar-refractivity contribution in [2.24, 2.45) is 0 Å². The van der Waals surface area contributed by atoms with Crippen LogP contribution < -0.4 is 5.32 Å². The fraction of sp³-hybridized carbons (Fsp3) is 1.00. The first kappa shape index (κ1) is 12.3. The topological polar surface area (TPSA) is 44.7 Å². The maximum atomic E-state index is 9.53. The lowest BCUT2D eigenvalue weighted by Crippen LogP contribution is -2.55. The third-order valence-electron chi connectivity index (χ3n) is 3.61. The number of nitrogens with zero attached hydrogens (tertiary/aromatic N) is 1. The largest absolute Gasteiger partial charge is 0.394 e. The van der Waals surface area contributed by atoms with Gasteiger partial charge >= 0.3 is 0 Å². The second-order valence-electron chi connectivity index (χ2n) is 5.57. The van der Waals surface area contributed by atoms with Crippen molar-refractivity contribution >= 4 is 0 Å². The standard InChI is InChI=1S/C12H24N2O2/c1-12(9-15,13-10-3-4-10)8-14(2)11-5-6-16-7-11/h10-11,13,15H,3-9H2,1-2H3. The average molecular weight is 228 g/mol. The SMILES string of the molecule is CN(CC(C)(CO)NC1CC1)C1CCOC1. The van der Waals surface area contributed by atoms with Crippen molar-refractivity contribution in [1.29, 1.82) is 0 Å². The molecule has 1 aliphatic heterocycles. The van der Waals surface area contributed by atoms with Crippen LogP contribution in [0.15, 0.2) is 0 Å². The quantitative estimate of drug-likeness (QED) is 0.682. The minimum Gasteiger partial charge on any atom is -0.394 e. The van der Waals surface area contributed by atoms with E-state index in [4.69, 9.17) is 4.74 Å². The summed E-state index contributed by atoms with van der Waals surface area (Å²) in [6.07, 6.45) is 3.62. The van der Waals surface area contributed by atoms with Crippen LogP contribution in [0.5, 0.6) is 0 Å². The molecule has 1 aliphatic carbocycles. The minimum absolute atomic E-state index is 0.168. The van der Waals surface area contributed by atoms with Gasteiger partial charge in [-0.1, -0.05) is 0 Å². The Labute approximate surface area is 98.0 Å². The molecule has 1 saturated heterocycles. The van der Waals surface area contributed by atoms with Gasteiger partial charge in [-0.15, -0.1) is 0 Å². The van der Waals surface area contributed by atoms with Crippen molar-refractivity contribution in [3.05, 3.63) is 0 Å². The van der Waals surface area contributed by atoms with Gasteiger partial charge in [-0.25, -0.2) is 0 Å². The van der Waals surface area contributed by atoms with E-state index in [-0.39, 0.29) is 12.1 Å².